The zero-order chi connectivity index (χ0) is 23.5. The number of fused-ring (bicyclic) bond motifs is 1. The Hall–Kier alpha value is -3.80. The number of nitrogens with one attached hydrogen (secondary N) is 1. The summed E-state index contributed by atoms with van der Waals surface area (Å²) < 4.78 is 0. The maximum atomic E-state index is 13.3. The number of imide groups is 1. The van der Waals surface area contributed by atoms with Gasteiger partial charge in [0.2, 0.25) is 12.3 Å². The van der Waals surface area contributed by atoms with E-state index in [1.165, 1.54) is 0 Å². The zero-order valence-corrected chi connectivity index (χ0v) is 18.9. The molecule has 0 saturated heterocycles. The van der Waals surface area contributed by atoms with Gasteiger partial charge in [0, 0.05) is 23.1 Å². The van der Waals surface area contributed by atoms with Gasteiger partial charge in [-0.25, -0.2) is 0 Å². The zero-order valence-electron chi connectivity index (χ0n) is 18.9. The molecule has 1 heterocycles. The molecule has 4 atom stereocenters. The molecule has 1 aromatic heterocycles. The van der Waals surface area contributed by atoms with E-state index in [1.807, 2.05) is 44.2 Å². The molecule has 4 rings (SSSR count). The van der Waals surface area contributed by atoms with Crippen molar-refractivity contribution in [2.75, 3.05) is 10.2 Å². The van der Waals surface area contributed by atoms with Crippen molar-refractivity contribution < 1.29 is 14.4 Å². The number of anilines is 2. The summed E-state index contributed by atoms with van der Waals surface area (Å²) in [5.41, 5.74) is 2.19. The van der Waals surface area contributed by atoms with Crippen molar-refractivity contribution in [1.82, 2.24) is 4.98 Å². The van der Waals surface area contributed by atoms with Crippen LogP contribution in [-0.2, 0) is 9.59 Å². The van der Waals surface area contributed by atoms with Crippen molar-refractivity contribution in [2.45, 2.75) is 20.8 Å². The highest BCUT2D eigenvalue weighted by Crippen LogP contribution is 2.35. The van der Waals surface area contributed by atoms with Crippen molar-refractivity contribution in [3.63, 3.8) is 0 Å². The van der Waals surface area contributed by atoms with Gasteiger partial charge in [0.25, 0.3) is 5.91 Å². The lowest BCUT2D eigenvalue weighted by molar-refractivity contribution is -0.128. The third-order valence-electron chi connectivity index (χ3n) is 6.60. The van der Waals surface area contributed by atoms with Crippen LogP contribution < -0.4 is 10.2 Å². The molecular weight excluding hydrogens is 414 g/mol. The van der Waals surface area contributed by atoms with Crippen molar-refractivity contribution >= 4 is 40.5 Å². The Balaban J connectivity index is 1.53. The molecule has 1 aliphatic rings. The molecule has 2 aromatic carbocycles. The van der Waals surface area contributed by atoms with Gasteiger partial charge in [-0.2, -0.15) is 0 Å². The number of nitrogens with zero attached hydrogens (tertiary/aromatic N) is 2. The van der Waals surface area contributed by atoms with Crippen LogP contribution in [0.2, 0.25) is 0 Å². The minimum absolute atomic E-state index is 0.0468. The minimum Gasteiger partial charge on any atom is -0.320 e. The molecule has 0 aliphatic heterocycles. The van der Waals surface area contributed by atoms with Gasteiger partial charge in [-0.1, -0.05) is 51.1 Å². The van der Waals surface area contributed by atoms with Crippen LogP contribution in [0, 0.1) is 23.7 Å². The molecule has 0 radical (unpaired) electrons. The first kappa shape index (κ1) is 22.4. The van der Waals surface area contributed by atoms with E-state index in [1.54, 1.807) is 36.5 Å². The lowest BCUT2D eigenvalue weighted by Gasteiger charge is -2.35. The predicted octanol–water partition coefficient (Wildman–Crippen LogP) is 5.07. The molecule has 6 heteroatoms. The van der Waals surface area contributed by atoms with Crippen LogP contribution in [0.25, 0.3) is 10.9 Å². The summed E-state index contributed by atoms with van der Waals surface area (Å²) in [6, 6.07) is 15.9. The maximum Gasteiger partial charge on any atom is 0.255 e. The molecule has 4 unspecified atom stereocenters. The molecule has 33 heavy (non-hydrogen) atoms. The van der Waals surface area contributed by atoms with Crippen molar-refractivity contribution in [3.05, 3.63) is 78.5 Å². The van der Waals surface area contributed by atoms with Gasteiger partial charge in [-0.05, 0) is 54.2 Å². The Morgan fingerprint density at radius 2 is 1.64 bits per heavy atom. The molecule has 0 saturated carbocycles. The normalized spacial score (nSPS) is 22.0. The number of hydrogen-bond acceptors (Lipinski definition) is 4. The standard InChI is InChI=1S/C27H27N3O3/c1-17-9-10-18(2)24(19(17)3)27(33)30(16-31)22-13-11-21(12-14-22)26(32)29-23-8-4-6-20-7-5-15-28-25(20)23/h4-19,24H,1-3H3,(H,29,32). The highest BCUT2D eigenvalue weighted by Gasteiger charge is 2.37. The first-order valence-corrected chi connectivity index (χ1v) is 11.1. The van der Waals surface area contributed by atoms with Crippen LogP contribution in [0.1, 0.15) is 31.1 Å². The van der Waals surface area contributed by atoms with E-state index in [0.29, 0.717) is 28.9 Å². The molecule has 0 fully saturated rings. The molecule has 0 spiro atoms. The van der Waals surface area contributed by atoms with E-state index in [4.69, 9.17) is 0 Å². The molecule has 0 bridgehead atoms. The lowest BCUT2D eigenvalue weighted by Crippen LogP contribution is -2.43. The third-order valence-corrected chi connectivity index (χ3v) is 6.60. The fraction of sp³-hybridized carbons (Fsp3) is 0.259. The average Bonchev–Trinajstić information content (AvgIpc) is 2.83. The summed E-state index contributed by atoms with van der Waals surface area (Å²) in [6.07, 6.45) is 6.42. The number of benzene rings is 2. The molecular formula is C27H27N3O3. The van der Waals surface area contributed by atoms with Gasteiger partial charge < -0.3 is 5.32 Å². The van der Waals surface area contributed by atoms with E-state index in [9.17, 15) is 14.4 Å². The smallest absolute Gasteiger partial charge is 0.255 e. The van der Waals surface area contributed by atoms with Crippen LogP contribution in [0.4, 0.5) is 11.4 Å². The Morgan fingerprint density at radius 3 is 2.36 bits per heavy atom. The largest absolute Gasteiger partial charge is 0.320 e. The Bertz CT molecular complexity index is 1210. The number of amides is 3. The van der Waals surface area contributed by atoms with E-state index in [-0.39, 0.29) is 35.5 Å². The van der Waals surface area contributed by atoms with Gasteiger partial charge >= 0.3 is 0 Å². The number of rotatable bonds is 5. The van der Waals surface area contributed by atoms with Gasteiger partial charge in [0.1, 0.15) is 0 Å². The number of carbonyl (C=O) groups is 3. The van der Waals surface area contributed by atoms with E-state index in [2.05, 4.69) is 23.3 Å². The number of pyridine rings is 1. The molecule has 6 nitrogen and oxygen atoms in total. The van der Waals surface area contributed by atoms with Gasteiger partial charge in [-0.15, -0.1) is 0 Å². The second-order valence-electron chi connectivity index (χ2n) is 8.68. The van der Waals surface area contributed by atoms with Crippen LogP contribution in [0.15, 0.2) is 72.9 Å². The first-order valence-electron chi connectivity index (χ1n) is 11.1. The number of hydrogen-bond donors (Lipinski definition) is 1. The maximum absolute atomic E-state index is 13.3. The topological polar surface area (TPSA) is 79.4 Å². The second kappa shape index (κ2) is 9.36. The van der Waals surface area contributed by atoms with Crippen molar-refractivity contribution in [1.29, 1.82) is 0 Å². The van der Waals surface area contributed by atoms with Gasteiger partial charge in [-0.3, -0.25) is 24.3 Å². The number of aromatic nitrogens is 1. The summed E-state index contributed by atoms with van der Waals surface area (Å²) in [7, 11) is 0. The van der Waals surface area contributed by atoms with E-state index < -0.39 is 0 Å². The quantitative estimate of drug-likeness (QED) is 0.443. The van der Waals surface area contributed by atoms with Gasteiger partial charge in [0.15, 0.2) is 0 Å². The number of allylic oxidation sites excluding steroid dienone is 2. The Kier molecular flexibility index (Phi) is 6.36. The fourth-order valence-corrected chi connectivity index (χ4v) is 4.47. The monoisotopic (exact) mass is 441 g/mol. The summed E-state index contributed by atoms with van der Waals surface area (Å²) in [4.78, 5) is 43.4. The summed E-state index contributed by atoms with van der Waals surface area (Å²) in [6.45, 7) is 6.13. The Labute approximate surface area is 193 Å². The van der Waals surface area contributed by atoms with Crippen molar-refractivity contribution in [3.8, 4) is 0 Å². The number of para-hydroxylation sites is 1. The lowest BCUT2D eigenvalue weighted by atomic mass is 9.72. The van der Waals surface area contributed by atoms with Crippen LogP contribution in [-0.4, -0.2) is 23.2 Å². The summed E-state index contributed by atoms with van der Waals surface area (Å²) in [5, 5.41) is 3.83. The van der Waals surface area contributed by atoms with Gasteiger partial charge in [0.05, 0.1) is 16.9 Å². The highest BCUT2D eigenvalue weighted by atomic mass is 16.2. The third kappa shape index (κ3) is 4.42. The molecule has 168 valence electrons. The first-order chi connectivity index (χ1) is 15.9. The van der Waals surface area contributed by atoms with Crippen LogP contribution >= 0.6 is 0 Å². The van der Waals surface area contributed by atoms with E-state index >= 15 is 0 Å². The summed E-state index contributed by atoms with van der Waals surface area (Å²) in [5.74, 6) is -0.363. The molecule has 3 amide bonds. The summed E-state index contributed by atoms with van der Waals surface area (Å²) >= 11 is 0. The molecule has 1 N–H and O–H groups in total. The Morgan fingerprint density at radius 1 is 0.939 bits per heavy atom. The van der Waals surface area contributed by atoms with Crippen LogP contribution in [0.5, 0.6) is 0 Å². The highest BCUT2D eigenvalue weighted by molar-refractivity contribution is 6.10. The van der Waals surface area contributed by atoms with Crippen molar-refractivity contribution in [2.24, 2.45) is 23.7 Å². The SMILES string of the molecule is CC1C=CC(C)C(C(=O)N(C=O)c2ccc(C(=O)Nc3cccc4cccnc34)cc2)C1C. The average molecular weight is 442 g/mol. The van der Waals surface area contributed by atoms with E-state index in [0.717, 1.165) is 10.3 Å². The molecule has 1 aliphatic carbocycles. The second-order valence-corrected chi connectivity index (χ2v) is 8.68. The molecule has 3 aromatic rings. The number of carbonyl (C=O) groups excluding carboxylic acids is 3. The fourth-order valence-electron chi connectivity index (χ4n) is 4.47. The predicted molar refractivity (Wildman–Crippen MR) is 130 cm³/mol. The van der Waals surface area contributed by atoms with Crippen LogP contribution in [0.3, 0.4) is 0 Å². The minimum atomic E-state index is -0.294.